The number of nitrogens with one attached hydrogen (secondary N) is 1. The molecule has 11 nitrogen and oxygen atoms in total. The van der Waals surface area contributed by atoms with E-state index in [1.807, 2.05) is 54.6 Å². The lowest BCUT2D eigenvalue weighted by molar-refractivity contribution is -0.163. The zero-order valence-corrected chi connectivity index (χ0v) is 28.0. The molecule has 0 heterocycles. The smallest absolute Gasteiger partial charge is 0.407 e. The van der Waals surface area contributed by atoms with Crippen LogP contribution in [0.25, 0.3) is 0 Å². The Bertz CT molecular complexity index is 1240. The van der Waals surface area contributed by atoms with Gasteiger partial charge in [-0.15, -0.1) is 0 Å². The van der Waals surface area contributed by atoms with Gasteiger partial charge in [-0.3, -0.25) is 14.5 Å². The van der Waals surface area contributed by atoms with Crippen LogP contribution in [0, 0.1) is 11.8 Å². The van der Waals surface area contributed by atoms with E-state index in [4.69, 9.17) is 19.9 Å². The molecular formula is C35H51N3O8. The average molecular weight is 642 g/mol. The molecule has 0 saturated heterocycles. The second kappa shape index (κ2) is 18.9. The predicted molar refractivity (Wildman–Crippen MR) is 175 cm³/mol. The van der Waals surface area contributed by atoms with E-state index in [0.717, 1.165) is 41.0 Å². The number of aliphatic hydroxyl groups excluding tert-OH is 1. The zero-order valence-electron chi connectivity index (χ0n) is 28.0. The molecule has 2 rings (SSSR count). The highest BCUT2D eigenvalue weighted by Crippen LogP contribution is 2.20. The molecule has 0 saturated carbocycles. The molecular weight excluding hydrogens is 590 g/mol. The van der Waals surface area contributed by atoms with Crippen molar-refractivity contribution < 1.29 is 38.5 Å². The molecule has 0 aliphatic rings. The number of hydrogen-bond acceptors (Lipinski definition) is 9. The number of nitrogens with zero attached hydrogens (tertiary/aromatic N) is 1. The number of aryl methyl sites for hydroxylation is 1. The second-order valence-corrected chi connectivity index (χ2v) is 12.6. The monoisotopic (exact) mass is 641 g/mol. The van der Waals surface area contributed by atoms with Crippen LogP contribution in [0.2, 0.25) is 0 Å². The molecule has 0 fully saturated rings. The molecule has 0 spiro atoms. The van der Waals surface area contributed by atoms with Crippen LogP contribution < -0.4 is 15.8 Å². The number of unbranched alkanes of at least 4 members (excludes halogenated alkanes) is 2. The van der Waals surface area contributed by atoms with Gasteiger partial charge in [-0.25, -0.2) is 9.59 Å². The van der Waals surface area contributed by atoms with Gasteiger partial charge in [0.15, 0.2) is 0 Å². The summed E-state index contributed by atoms with van der Waals surface area (Å²) in [7, 11) is 1.19. The molecule has 0 aromatic heterocycles. The first kappa shape index (κ1) is 38.2. The minimum Gasteiger partial charge on any atom is -0.489 e. The molecule has 0 radical (unpaired) electrons. The van der Waals surface area contributed by atoms with Crippen LogP contribution in [0.15, 0.2) is 54.6 Å². The molecule has 3 unspecified atom stereocenters. The number of imide groups is 1. The van der Waals surface area contributed by atoms with Gasteiger partial charge >= 0.3 is 12.1 Å². The highest BCUT2D eigenvalue weighted by Gasteiger charge is 2.41. The number of amides is 3. The molecule has 3 atom stereocenters. The van der Waals surface area contributed by atoms with Crippen LogP contribution in [0.4, 0.5) is 4.79 Å². The van der Waals surface area contributed by atoms with Gasteiger partial charge in [0.25, 0.3) is 0 Å². The molecule has 2 aromatic carbocycles. The molecule has 11 heteroatoms. The van der Waals surface area contributed by atoms with E-state index in [0.29, 0.717) is 13.0 Å². The highest BCUT2D eigenvalue weighted by molar-refractivity contribution is 6.01. The summed E-state index contributed by atoms with van der Waals surface area (Å²) in [5.74, 6) is -2.73. The Kier molecular flexibility index (Phi) is 15.7. The first-order valence-electron chi connectivity index (χ1n) is 15.8. The topological polar surface area (TPSA) is 157 Å². The first-order chi connectivity index (χ1) is 21.8. The number of aliphatic hydroxyl groups is 1. The van der Waals surface area contributed by atoms with Crippen LogP contribution in [0.1, 0.15) is 71.4 Å². The van der Waals surface area contributed by atoms with E-state index < -0.39 is 60.0 Å². The van der Waals surface area contributed by atoms with Crippen molar-refractivity contribution in [1.29, 1.82) is 0 Å². The van der Waals surface area contributed by atoms with E-state index in [2.05, 4.69) is 5.32 Å². The second-order valence-electron chi connectivity index (χ2n) is 12.6. The van der Waals surface area contributed by atoms with Crippen LogP contribution >= 0.6 is 0 Å². The number of esters is 1. The molecule has 254 valence electrons. The van der Waals surface area contributed by atoms with E-state index in [9.17, 15) is 24.3 Å². The number of nitrogens with two attached hydrogens (primary N) is 1. The number of methoxy groups -OCH3 is 1. The van der Waals surface area contributed by atoms with Gasteiger partial charge in [-0.05, 0) is 69.2 Å². The summed E-state index contributed by atoms with van der Waals surface area (Å²) in [6, 6.07) is 15.3. The standard InChI is InChI=1S/C35H51N3O8/c1-24(2)31(33(42)44-6)38(32(41)30(36)27(22-39)21-37-34(43)46-35(3,4)5)29(40)16-12-8-9-13-25-17-19-28(20-18-25)45-23-26-14-10-7-11-15-26/h7,10-11,14-15,17-20,24,27,30-31,39H,8-9,12-13,16,21-23,36H2,1-6H3,(H,37,43). The SMILES string of the molecule is COC(=O)C(C(C)C)N(C(=O)CCCCCc1ccc(OCc2ccccc2)cc1)C(=O)C(N)C(CO)CNC(=O)OC(C)(C)C. The van der Waals surface area contributed by atoms with E-state index >= 15 is 0 Å². The number of carbonyl (C=O) groups is 4. The van der Waals surface area contributed by atoms with E-state index in [1.54, 1.807) is 34.6 Å². The van der Waals surface area contributed by atoms with Gasteiger partial charge in [0.05, 0.1) is 13.2 Å². The minimum absolute atomic E-state index is 0.0187. The third-order valence-corrected chi connectivity index (χ3v) is 7.32. The summed E-state index contributed by atoms with van der Waals surface area (Å²) < 4.78 is 16.0. The number of benzene rings is 2. The van der Waals surface area contributed by atoms with Crippen molar-refractivity contribution in [3.63, 3.8) is 0 Å². The lowest BCUT2D eigenvalue weighted by Gasteiger charge is -2.34. The lowest BCUT2D eigenvalue weighted by atomic mass is 9.96. The summed E-state index contributed by atoms with van der Waals surface area (Å²) in [4.78, 5) is 52.9. The molecule has 4 N–H and O–H groups in total. The van der Waals surface area contributed by atoms with Crippen molar-refractivity contribution in [3.8, 4) is 5.75 Å². The van der Waals surface area contributed by atoms with Crippen molar-refractivity contribution in [2.45, 2.75) is 91.0 Å². The molecule has 46 heavy (non-hydrogen) atoms. The zero-order chi connectivity index (χ0) is 34.3. The van der Waals surface area contributed by atoms with Crippen molar-refractivity contribution in [2.75, 3.05) is 20.3 Å². The maximum atomic E-state index is 13.7. The van der Waals surface area contributed by atoms with Crippen molar-refractivity contribution in [2.24, 2.45) is 17.6 Å². The van der Waals surface area contributed by atoms with Crippen LogP contribution in [0.5, 0.6) is 5.75 Å². The molecule has 2 aromatic rings. The quantitative estimate of drug-likeness (QED) is 0.168. The third-order valence-electron chi connectivity index (χ3n) is 7.32. The molecule has 0 aliphatic carbocycles. The van der Waals surface area contributed by atoms with Gasteiger partial charge < -0.3 is 30.4 Å². The maximum absolute atomic E-state index is 13.7. The van der Waals surface area contributed by atoms with Gasteiger partial charge in [0.2, 0.25) is 11.8 Å². The van der Waals surface area contributed by atoms with Crippen LogP contribution in [0.3, 0.4) is 0 Å². The largest absolute Gasteiger partial charge is 0.489 e. The Balaban J connectivity index is 1.98. The highest BCUT2D eigenvalue weighted by atomic mass is 16.6. The summed E-state index contributed by atoms with van der Waals surface area (Å²) in [5.41, 5.74) is 7.74. The number of ether oxygens (including phenoxy) is 3. The summed E-state index contributed by atoms with van der Waals surface area (Å²) in [6.07, 6.45) is 2.12. The van der Waals surface area contributed by atoms with Crippen molar-refractivity contribution in [1.82, 2.24) is 10.2 Å². The fraction of sp³-hybridized carbons (Fsp3) is 0.543. The number of carbonyl (C=O) groups excluding carboxylic acids is 4. The lowest BCUT2D eigenvalue weighted by Crippen LogP contribution is -2.59. The number of alkyl carbamates (subject to hydrolysis) is 1. The van der Waals surface area contributed by atoms with E-state index in [-0.39, 0.29) is 13.0 Å². The van der Waals surface area contributed by atoms with Crippen molar-refractivity contribution in [3.05, 3.63) is 65.7 Å². The van der Waals surface area contributed by atoms with Gasteiger partial charge in [-0.2, -0.15) is 0 Å². The van der Waals surface area contributed by atoms with Gasteiger partial charge in [0, 0.05) is 25.5 Å². The molecule has 0 bridgehead atoms. The predicted octanol–water partition coefficient (Wildman–Crippen LogP) is 4.38. The maximum Gasteiger partial charge on any atom is 0.407 e. The Labute approximate surface area is 272 Å². The third kappa shape index (κ3) is 12.8. The van der Waals surface area contributed by atoms with E-state index in [1.165, 1.54) is 7.11 Å². The fourth-order valence-corrected chi connectivity index (χ4v) is 4.80. The normalized spacial score (nSPS) is 13.3. The molecule has 3 amide bonds. The fourth-order valence-electron chi connectivity index (χ4n) is 4.80. The Morgan fingerprint density at radius 2 is 1.59 bits per heavy atom. The van der Waals surface area contributed by atoms with Crippen LogP contribution in [-0.4, -0.2) is 71.8 Å². The van der Waals surface area contributed by atoms with Crippen molar-refractivity contribution >= 4 is 23.9 Å². The first-order valence-corrected chi connectivity index (χ1v) is 15.8. The number of hydrogen-bond donors (Lipinski definition) is 3. The minimum atomic E-state index is -1.38. The Hall–Kier alpha value is -3.96. The number of rotatable bonds is 17. The van der Waals surface area contributed by atoms with Gasteiger partial charge in [0.1, 0.15) is 24.0 Å². The van der Waals surface area contributed by atoms with Gasteiger partial charge in [-0.1, -0.05) is 62.7 Å². The Morgan fingerprint density at radius 1 is 0.935 bits per heavy atom. The Morgan fingerprint density at radius 3 is 2.15 bits per heavy atom. The summed E-state index contributed by atoms with van der Waals surface area (Å²) in [6.45, 7) is 8.28. The molecule has 0 aliphatic heterocycles. The average Bonchev–Trinajstić information content (AvgIpc) is 3.01. The van der Waals surface area contributed by atoms with Crippen LogP contribution in [-0.2, 0) is 36.9 Å². The summed E-state index contributed by atoms with van der Waals surface area (Å²) >= 11 is 0. The summed E-state index contributed by atoms with van der Waals surface area (Å²) in [5, 5.41) is 12.5.